The van der Waals surface area contributed by atoms with Gasteiger partial charge in [-0.15, -0.1) is 0 Å². The number of hydrogen-bond donors (Lipinski definition) is 2. The molecule has 0 saturated carbocycles. The SMILES string of the molecule is C[C@@H]1CCC[C@H](C)N1S(=O)(=O)c1ccc(NC(=O)CCNC(=O)c2ccccc2)cc1. The Kier molecular flexibility index (Phi) is 7.46. The van der Waals surface area contributed by atoms with Crippen molar-refractivity contribution in [2.45, 2.75) is 56.5 Å². The fourth-order valence-corrected chi connectivity index (χ4v) is 5.79. The molecule has 1 aliphatic heterocycles. The van der Waals surface area contributed by atoms with Crippen molar-refractivity contribution in [3.05, 3.63) is 60.2 Å². The highest BCUT2D eigenvalue weighted by Gasteiger charge is 2.35. The van der Waals surface area contributed by atoms with Gasteiger partial charge in [0.15, 0.2) is 0 Å². The van der Waals surface area contributed by atoms with Crippen LogP contribution >= 0.6 is 0 Å². The van der Waals surface area contributed by atoms with E-state index < -0.39 is 10.0 Å². The maximum absolute atomic E-state index is 13.1. The summed E-state index contributed by atoms with van der Waals surface area (Å²) >= 11 is 0. The van der Waals surface area contributed by atoms with Gasteiger partial charge in [0.25, 0.3) is 5.91 Å². The maximum Gasteiger partial charge on any atom is 0.251 e. The third kappa shape index (κ3) is 5.71. The van der Waals surface area contributed by atoms with Crippen LogP contribution in [0.15, 0.2) is 59.5 Å². The number of piperidine rings is 1. The molecule has 2 aromatic rings. The van der Waals surface area contributed by atoms with E-state index in [1.807, 2.05) is 19.9 Å². The first-order valence-corrected chi connectivity index (χ1v) is 12.0. The summed E-state index contributed by atoms with van der Waals surface area (Å²) < 4.78 is 27.7. The van der Waals surface area contributed by atoms with Gasteiger partial charge in [0, 0.05) is 36.3 Å². The standard InChI is InChI=1S/C23H29N3O4S/c1-17-7-6-8-18(2)26(17)31(29,30)21-13-11-20(12-14-21)25-22(27)15-16-24-23(28)19-9-4-3-5-10-19/h3-5,9-14,17-18H,6-8,15-16H2,1-2H3,(H,24,28)(H,25,27)/t17-,18+. The minimum atomic E-state index is -3.58. The summed E-state index contributed by atoms with van der Waals surface area (Å²) in [5.41, 5.74) is 1.05. The molecule has 0 spiro atoms. The molecule has 2 N–H and O–H groups in total. The van der Waals surface area contributed by atoms with E-state index in [2.05, 4.69) is 10.6 Å². The fourth-order valence-electron chi connectivity index (χ4n) is 3.91. The molecule has 1 fully saturated rings. The van der Waals surface area contributed by atoms with Crippen molar-refractivity contribution in [1.82, 2.24) is 9.62 Å². The Morgan fingerprint density at radius 2 is 1.58 bits per heavy atom. The molecule has 1 saturated heterocycles. The normalized spacial score (nSPS) is 19.5. The number of carbonyl (C=O) groups is 2. The lowest BCUT2D eigenvalue weighted by atomic mass is 10.0. The van der Waals surface area contributed by atoms with E-state index in [1.54, 1.807) is 40.7 Å². The van der Waals surface area contributed by atoms with Crippen LogP contribution in [0.3, 0.4) is 0 Å². The van der Waals surface area contributed by atoms with Gasteiger partial charge in [0.2, 0.25) is 15.9 Å². The number of sulfonamides is 1. The van der Waals surface area contributed by atoms with E-state index in [0.29, 0.717) is 11.3 Å². The number of carbonyl (C=O) groups excluding carboxylic acids is 2. The molecule has 8 heteroatoms. The topological polar surface area (TPSA) is 95.6 Å². The third-order valence-corrected chi connectivity index (χ3v) is 7.64. The van der Waals surface area contributed by atoms with E-state index in [-0.39, 0.29) is 41.8 Å². The van der Waals surface area contributed by atoms with Crippen molar-refractivity contribution in [3.63, 3.8) is 0 Å². The first kappa shape index (κ1) is 23.0. The number of anilines is 1. The van der Waals surface area contributed by atoms with Gasteiger partial charge >= 0.3 is 0 Å². The average molecular weight is 444 g/mol. The number of benzene rings is 2. The van der Waals surface area contributed by atoms with Crippen molar-refractivity contribution >= 4 is 27.5 Å². The highest BCUT2D eigenvalue weighted by molar-refractivity contribution is 7.89. The van der Waals surface area contributed by atoms with Gasteiger partial charge in [0.05, 0.1) is 4.90 Å². The van der Waals surface area contributed by atoms with E-state index in [0.717, 1.165) is 19.3 Å². The van der Waals surface area contributed by atoms with Crippen LogP contribution in [-0.2, 0) is 14.8 Å². The predicted molar refractivity (Wildman–Crippen MR) is 120 cm³/mol. The third-order valence-electron chi connectivity index (χ3n) is 5.50. The zero-order chi connectivity index (χ0) is 22.4. The Balaban J connectivity index is 1.54. The highest BCUT2D eigenvalue weighted by atomic mass is 32.2. The second-order valence-electron chi connectivity index (χ2n) is 7.91. The molecule has 0 aliphatic carbocycles. The van der Waals surface area contributed by atoms with Gasteiger partial charge in [0.1, 0.15) is 0 Å². The summed E-state index contributed by atoms with van der Waals surface area (Å²) in [5.74, 6) is -0.494. The van der Waals surface area contributed by atoms with E-state index in [9.17, 15) is 18.0 Å². The van der Waals surface area contributed by atoms with Crippen LogP contribution in [0.2, 0.25) is 0 Å². The first-order valence-electron chi connectivity index (χ1n) is 10.6. The van der Waals surface area contributed by atoms with Crippen molar-refractivity contribution in [1.29, 1.82) is 0 Å². The maximum atomic E-state index is 13.1. The summed E-state index contributed by atoms with van der Waals surface area (Å²) in [4.78, 5) is 24.4. The summed E-state index contributed by atoms with van der Waals surface area (Å²) in [6.07, 6.45) is 2.86. The summed E-state index contributed by atoms with van der Waals surface area (Å²) in [6.45, 7) is 4.09. The molecule has 2 aromatic carbocycles. The molecule has 2 atom stereocenters. The summed E-state index contributed by atoms with van der Waals surface area (Å²) in [6, 6.07) is 15.0. The minimum Gasteiger partial charge on any atom is -0.352 e. The average Bonchev–Trinajstić information content (AvgIpc) is 2.74. The molecule has 166 valence electrons. The fraction of sp³-hybridized carbons (Fsp3) is 0.391. The number of nitrogens with one attached hydrogen (secondary N) is 2. The summed E-state index contributed by atoms with van der Waals surface area (Å²) in [7, 11) is -3.58. The number of nitrogens with zero attached hydrogens (tertiary/aromatic N) is 1. The van der Waals surface area contributed by atoms with Crippen LogP contribution in [0.25, 0.3) is 0 Å². The Bertz CT molecular complexity index is 997. The van der Waals surface area contributed by atoms with Crippen LogP contribution in [0, 0.1) is 0 Å². The molecular weight excluding hydrogens is 414 g/mol. The van der Waals surface area contributed by atoms with E-state index in [1.165, 1.54) is 12.1 Å². The highest BCUT2D eigenvalue weighted by Crippen LogP contribution is 2.29. The largest absolute Gasteiger partial charge is 0.352 e. The molecule has 0 radical (unpaired) electrons. The van der Waals surface area contributed by atoms with Crippen molar-refractivity contribution < 1.29 is 18.0 Å². The van der Waals surface area contributed by atoms with Crippen molar-refractivity contribution in [3.8, 4) is 0 Å². The number of amides is 2. The number of hydrogen-bond acceptors (Lipinski definition) is 4. The first-order chi connectivity index (χ1) is 14.8. The second-order valence-corrected chi connectivity index (χ2v) is 9.75. The molecular formula is C23H29N3O4S. The zero-order valence-corrected chi connectivity index (χ0v) is 18.7. The molecule has 31 heavy (non-hydrogen) atoms. The van der Waals surface area contributed by atoms with Gasteiger partial charge in [-0.3, -0.25) is 9.59 Å². The molecule has 1 heterocycles. The smallest absolute Gasteiger partial charge is 0.251 e. The predicted octanol–water partition coefficient (Wildman–Crippen LogP) is 3.40. The molecule has 3 rings (SSSR count). The zero-order valence-electron chi connectivity index (χ0n) is 17.9. The van der Waals surface area contributed by atoms with Crippen molar-refractivity contribution in [2.24, 2.45) is 0 Å². The molecule has 0 unspecified atom stereocenters. The van der Waals surface area contributed by atoms with Gasteiger partial charge in [-0.25, -0.2) is 8.42 Å². The van der Waals surface area contributed by atoms with Gasteiger partial charge in [-0.1, -0.05) is 24.6 Å². The van der Waals surface area contributed by atoms with Crippen LogP contribution in [-0.4, -0.2) is 43.2 Å². The Morgan fingerprint density at radius 3 is 2.19 bits per heavy atom. The van der Waals surface area contributed by atoms with Crippen LogP contribution in [0.1, 0.15) is 49.9 Å². The molecule has 7 nitrogen and oxygen atoms in total. The quantitative estimate of drug-likeness (QED) is 0.686. The minimum absolute atomic E-state index is 0.0285. The molecule has 1 aliphatic rings. The molecule has 0 aromatic heterocycles. The molecule has 2 amide bonds. The van der Waals surface area contributed by atoms with Gasteiger partial charge < -0.3 is 10.6 Å². The lowest BCUT2D eigenvalue weighted by Gasteiger charge is -2.37. The number of rotatable bonds is 7. The Hall–Kier alpha value is -2.71. The van der Waals surface area contributed by atoms with Crippen molar-refractivity contribution in [2.75, 3.05) is 11.9 Å². The van der Waals surface area contributed by atoms with Gasteiger partial charge in [-0.2, -0.15) is 4.31 Å². The van der Waals surface area contributed by atoms with Crippen LogP contribution < -0.4 is 10.6 Å². The Morgan fingerprint density at radius 1 is 0.968 bits per heavy atom. The summed E-state index contributed by atoms with van der Waals surface area (Å²) in [5, 5.41) is 5.44. The van der Waals surface area contributed by atoms with Gasteiger partial charge in [-0.05, 0) is 63.1 Å². The van der Waals surface area contributed by atoms with E-state index >= 15 is 0 Å². The lowest BCUT2D eigenvalue weighted by Crippen LogP contribution is -2.47. The van der Waals surface area contributed by atoms with E-state index in [4.69, 9.17) is 0 Å². The van der Waals surface area contributed by atoms with Crippen LogP contribution in [0.5, 0.6) is 0 Å². The molecule has 0 bridgehead atoms. The van der Waals surface area contributed by atoms with Crippen LogP contribution in [0.4, 0.5) is 5.69 Å². The monoisotopic (exact) mass is 443 g/mol. The Labute approximate surface area is 183 Å². The second kappa shape index (κ2) is 10.1. The lowest BCUT2D eigenvalue weighted by molar-refractivity contribution is -0.116.